The highest BCUT2D eigenvalue weighted by molar-refractivity contribution is 6.31. The van der Waals surface area contributed by atoms with Crippen molar-refractivity contribution in [3.63, 3.8) is 0 Å². The molecule has 1 unspecified atom stereocenters. The van der Waals surface area contributed by atoms with Gasteiger partial charge in [-0.1, -0.05) is 23.7 Å². The fourth-order valence-electron chi connectivity index (χ4n) is 5.35. The first-order chi connectivity index (χ1) is 23.4. The van der Waals surface area contributed by atoms with Crippen molar-refractivity contribution < 1.29 is 45.8 Å². The van der Waals surface area contributed by atoms with Crippen molar-refractivity contribution in [3.05, 3.63) is 123 Å². The molecular weight excluding hydrogens is 687 g/mol. The number of amides is 3. The van der Waals surface area contributed by atoms with E-state index >= 15 is 0 Å². The summed E-state index contributed by atoms with van der Waals surface area (Å²) in [6.07, 6.45) is -5.77. The third kappa shape index (κ3) is 8.13. The molecule has 1 atom stereocenters. The summed E-state index contributed by atoms with van der Waals surface area (Å²) >= 11 is 6.56. The number of rotatable bonds is 8. The van der Waals surface area contributed by atoms with Crippen LogP contribution in [0.1, 0.15) is 75.6 Å². The Bertz CT molecular complexity index is 1970. The van der Waals surface area contributed by atoms with Gasteiger partial charge in [-0.2, -0.15) is 13.2 Å². The lowest BCUT2D eigenvalue weighted by atomic mass is 9.96. The van der Waals surface area contributed by atoms with Crippen molar-refractivity contribution >= 4 is 35.2 Å². The molecule has 3 amide bonds. The Morgan fingerprint density at radius 2 is 1.66 bits per heavy atom. The summed E-state index contributed by atoms with van der Waals surface area (Å²) < 4.78 is 80.0. The minimum Gasteiger partial charge on any atom is -0.497 e. The molecule has 0 radical (unpaired) electrons. The van der Waals surface area contributed by atoms with E-state index in [1.165, 1.54) is 24.1 Å². The summed E-state index contributed by atoms with van der Waals surface area (Å²) in [6, 6.07) is 11.7. The molecule has 2 heterocycles. The lowest BCUT2D eigenvalue weighted by molar-refractivity contribution is -0.137. The van der Waals surface area contributed by atoms with Crippen LogP contribution in [0.3, 0.4) is 0 Å². The number of carbonyl (C=O) groups is 3. The number of anilines is 1. The van der Waals surface area contributed by atoms with E-state index in [1.807, 2.05) is 0 Å². The molecule has 9 nitrogen and oxygen atoms in total. The standard InChI is InChI=1S/C35H30ClF5N4O5/c1-34(2,3)50-33(48)42-16-23-15-27(44-31(46)19-11-20(35(39,40)41)13-22(38)12-19)28-29(43-23)32(47)45(17-18-5-8-24(49-4)9-6-18)30(28)25-14-21(37)7-10-26(25)36/h5-15,30H,16-17H2,1-4H3,(H,42,48)(H,43,44,46). The Labute approximate surface area is 288 Å². The number of nitrogens with zero attached hydrogens (tertiary/aromatic N) is 2. The van der Waals surface area contributed by atoms with Crippen molar-refractivity contribution in [2.75, 3.05) is 12.4 Å². The number of nitrogens with one attached hydrogen (secondary N) is 2. The number of methoxy groups -OCH3 is 1. The average molecular weight is 717 g/mol. The Kier molecular flexibility index (Phi) is 10.1. The van der Waals surface area contributed by atoms with Gasteiger partial charge in [0.1, 0.15) is 28.7 Å². The molecule has 4 aromatic rings. The van der Waals surface area contributed by atoms with E-state index in [9.17, 15) is 36.3 Å². The van der Waals surface area contributed by atoms with Gasteiger partial charge < -0.3 is 25.0 Å². The second-order valence-corrected chi connectivity index (χ2v) is 12.7. The molecule has 0 fully saturated rings. The fourth-order valence-corrected chi connectivity index (χ4v) is 5.57. The van der Waals surface area contributed by atoms with Crippen LogP contribution in [-0.4, -0.2) is 40.5 Å². The maximum Gasteiger partial charge on any atom is 0.416 e. The summed E-state index contributed by atoms with van der Waals surface area (Å²) in [5.74, 6) is -3.27. The maximum absolute atomic E-state index is 14.7. The van der Waals surface area contributed by atoms with Gasteiger partial charge in [-0.25, -0.2) is 18.6 Å². The van der Waals surface area contributed by atoms with Crippen molar-refractivity contribution in [3.8, 4) is 5.75 Å². The van der Waals surface area contributed by atoms with Gasteiger partial charge in [0.15, 0.2) is 0 Å². The monoisotopic (exact) mass is 716 g/mol. The molecule has 0 saturated heterocycles. The first-order valence-electron chi connectivity index (χ1n) is 15.0. The van der Waals surface area contributed by atoms with Crippen molar-refractivity contribution in [1.82, 2.24) is 15.2 Å². The SMILES string of the molecule is COc1ccc(CN2C(=O)c3nc(CNC(=O)OC(C)(C)C)cc(NC(=O)c4cc(F)cc(C(F)(F)F)c4)c3C2c2cc(F)ccc2Cl)cc1. The number of alkyl carbamates (subject to hydrolysis) is 1. The Morgan fingerprint density at radius 1 is 0.960 bits per heavy atom. The molecule has 1 aliphatic rings. The first kappa shape index (κ1) is 36.1. The zero-order chi connectivity index (χ0) is 36.5. The number of hydrogen-bond acceptors (Lipinski definition) is 6. The minimum absolute atomic E-state index is 0.0397. The topological polar surface area (TPSA) is 110 Å². The zero-order valence-corrected chi connectivity index (χ0v) is 27.8. The normalized spacial score (nSPS) is 14.3. The van der Waals surface area contributed by atoms with Crippen LogP contribution in [0.25, 0.3) is 0 Å². The van der Waals surface area contributed by atoms with Crippen LogP contribution in [0, 0.1) is 11.6 Å². The summed E-state index contributed by atoms with van der Waals surface area (Å²) in [6.45, 7) is 4.59. The van der Waals surface area contributed by atoms with Gasteiger partial charge in [-0.15, -0.1) is 0 Å². The Balaban J connectivity index is 1.65. The van der Waals surface area contributed by atoms with Gasteiger partial charge in [0.05, 0.1) is 36.6 Å². The highest BCUT2D eigenvalue weighted by Crippen LogP contribution is 2.45. The lowest BCUT2D eigenvalue weighted by Gasteiger charge is -2.27. The summed E-state index contributed by atoms with van der Waals surface area (Å²) in [7, 11) is 1.49. The van der Waals surface area contributed by atoms with Gasteiger partial charge >= 0.3 is 12.3 Å². The molecule has 2 N–H and O–H groups in total. The number of fused-ring (bicyclic) bond motifs is 1. The molecular formula is C35H30ClF5N4O5. The van der Waals surface area contributed by atoms with E-state index in [0.717, 1.165) is 12.1 Å². The van der Waals surface area contributed by atoms with E-state index in [4.69, 9.17) is 21.1 Å². The van der Waals surface area contributed by atoms with Gasteiger partial charge in [-0.05, 0) is 80.9 Å². The molecule has 1 aliphatic heterocycles. The smallest absolute Gasteiger partial charge is 0.416 e. The van der Waals surface area contributed by atoms with E-state index in [0.29, 0.717) is 23.4 Å². The highest BCUT2D eigenvalue weighted by Gasteiger charge is 2.43. The number of alkyl halides is 3. The molecule has 0 aliphatic carbocycles. The van der Waals surface area contributed by atoms with Gasteiger partial charge in [0, 0.05) is 28.3 Å². The molecule has 5 rings (SSSR count). The molecule has 1 aromatic heterocycles. The van der Waals surface area contributed by atoms with E-state index in [2.05, 4.69) is 15.6 Å². The summed E-state index contributed by atoms with van der Waals surface area (Å²) in [5, 5.41) is 5.06. The molecule has 0 saturated carbocycles. The number of ether oxygens (including phenoxy) is 2. The van der Waals surface area contributed by atoms with Crippen LogP contribution in [0.15, 0.2) is 66.7 Å². The maximum atomic E-state index is 14.7. The van der Waals surface area contributed by atoms with Crippen molar-refractivity contribution in [2.45, 2.75) is 51.7 Å². The predicted molar refractivity (Wildman–Crippen MR) is 173 cm³/mol. The summed E-state index contributed by atoms with van der Waals surface area (Å²) in [5.41, 5.74) is -2.42. The molecule has 15 heteroatoms. The summed E-state index contributed by atoms with van der Waals surface area (Å²) in [4.78, 5) is 45.9. The predicted octanol–water partition coefficient (Wildman–Crippen LogP) is 8.06. The molecule has 262 valence electrons. The highest BCUT2D eigenvalue weighted by atomic mass is 35.5. The quantitative estimate of drug-likeness (QED) is 0.179. The van der Waals surface area contributed by atoms with E-state index < -0.39 is 58.5 Å². The van der Waals surface area contributed by atoms with E-state index in [1.54, 1.807) is 45.0 Å². The molecule has 0 bridgehead atoms. The second kappa shape index (κ2) is 13.9. The molecule has 50 heavy (non-hydrogen) atoms. The third-order valence-electron chi connectivity index (χ3n) is 7.47. The average Bonchev–Trinajstić information content (AvgIpc) is 3.30. The van der Waals surface area contributed by atoms with Gasteiger partial charge in [0.25, 0.3) is 11.8 Å². The molecule has 0 spiro atoms. The Morgan fingerprint density at radius 3 is 2.30 bits per heavy atom. The van der Waals surface area contributed by atoms with Crippen LogP contribution in [-0.2, 0) is 24.0 Å². The fraction of sp³-hybridized carbons (Fsp3) is 0.257. The lowest BCUT2D eigenvalue weighted by Crippen LogP contribution is -2.32. The Hall–Kier alpha value is -5.24. The van der Waals surface area contributed by atoms with E-state index in [-0.39, 0.29) is 52.4 Å². The van der Waals surface area contributed by atoms with Crippen LogP contribution >= 0.6 is 11.6 Å². The third-order valence-corrected chi connectivity index (χ3v) is 7.82. The van der Waals surface area contributed by atoms with Crippen LogP contribution < -0.4 is 15.4 Å². The van der Waals surface area contributed by atoms with Crippen molar-refractivity contribution in [1.29, 1.82) is 0 Å². The van der Waals surface area contributed by atoms with Crippen molar-refractivity contribution in [2.24, 2.45) is 0 Å². The number of aromatic nitrogens is 1. The zero-order valence-electron chi connectivity index (χ0n) is 27.0. The largest absolute Gasteiger partial charge is 0.497 e. The number of carbonyl (C=O) groups excluding carboxylic acids is 3. The number of pyridine rings is 1. The van der Waals surface area contributed by atoms with Gasteiger partial charge in [-0.3, -0.25) is 9.59 Å². The van der Waals surface area contributed by atoms with Gasteiger partial charge in [0.2, 0.25) is 0 Å². The number of hydrogen-bond donors (Lipinski definition) is 2. The van der Waals surface area contributed by atoms with Crippen LogP contribution in [0.5, 0.6) is 5.75 Å². The molecule has 3 aromatic carbocycles. The first-order valence-corrected chi connectivity index (χ1v) is 15.4. The van der Waals surface area contributed by atoms with Crippen LogP contribution in [0.4, 0.5) is 32.4 Å². The van der Waals surface area contributed by atoms with Crippen LogP contribution in [0.2, 0.25) is 5.02 Å². The number of benzene rings is 3. The number of halogens is 6. The second-order valence-electron chi connectivity index (χ2n) is 12.3. The minimum atomic E-state index is -4.96.